The summed E-state index contributed by atoms with van der Waals surface area (Å²) in [5.41, 5.74) is -2.46. The zero-order chi connectivity index (χ0) is 29.8. The van der Waals surface area contributed by atoms with E-state index in [2.05, 4.69) is 14.6 Å². The highest BCUT2D eigenvalue weighted by molar-refractivity contribution is 7.71. The van der Waals surface area contributed by atoms with E-state index in [1.807, 2.05) is 5.32 Å². The second-order valence-corrected chi connectivity index (χ2v) is 12.6. The molecule has 22 heteroatoms. The molecular formula is C17H23N2O17P3. The largest absolute Gasteiger partial charge is 0.525 e. The number of hydrogen-bond donors (Lipinski definition) is 10. The van der Waals surface area contributed by atoms with Crippen LogP contribution in [0.15, 0.2) is 35.8 Å². The monoisotopic (exact) mass is 620 g/mol. The number of amides is 1. The van der Waals surface area contributed by atoms with E-state index in [1.165, 1.54) is 12.1 Å². The molecule has 2 rings (SSSR count). The smallest absolute Gasteiger partial charge is 0.505 e. The summed E-state index contributed by atoms with van der Waals surface area (Å²) >= 11 is 0. The van der Waals surface area contributed by atoms with Gasteiger partial charge in [-0.05, 0) is 24.3 Å². The van der Waals surface area contributed by atoms with E-state index in [4.69, 9.17) is 34.1 Å². The van der Waals surface area contributed by atoms with Crippen molar-refractivity contribution in [2.75, 3.05) is 17.2 Å². The number of aliphatic hydroxyl groups is 2. The first-order chi connectivity index (χ1) is 17.8. The Morgan fingerprint density at radius 2 is 1.49 bits per heavy atom. The van der Waals surface area contributed by atoms with Crippen molar-refractivity contribution in [1.29, 1.82) is 0 Å². The summed E-state index contributed by atoms with van der Waals surface area (Å²) in [7, 11) is -15.7. The number of hydrogen-bond acceptors (Lipinski definition) is 12. The number of rotatable bonds is 13. The molecule has 0 radical (unpaired) electrons. The van der Waals surface area contributed by atoms with Crippen LogP contribution < -0.4 is 10.6 Å². The van der Waals surface area contributed by atoms with Gasteiger partial charge in [0.1, 0.15) is 0 Å². The zero-order valence-corrected chi connectivity index (χ0v) is 21.9. The summed E-state index contributed by atoms with van der Waals surface area (Å²) in [5, 5.41) is 23.8. The summed E-state index contributed by atoms with van der Waals surface area (Å²) in [6.07, 6.45) is -4.61. The van der Waals surface area contributed by atoms with Gasteiger partial charge >= 0.3 is 35.0 Å². The minimum Gasteiger partial charge on any atom is -0.505 e. The number of esters is 2. The van der Waals surface area contributed by atoms with Crippen molar-refractivity contribution >= 4 is 52.2 Å². The first-order valence-corrected chi connectivity index (χ1v) is 15.2. The number of ether oxygens (including phenoxy) is 2. The average Bonchev–Trinajstić information content (AvgIpc) is 3.06. The molecule has 1 aliphatic heterocycles. The van der Waals surface area contributed by atoms with E-state index in [9.17, 15) is 38.3 Å². The minimum absolute atomic E-state index is 0.0949. The molecule has 1 unspecified atom stereocenters. The number of anilines is 2. The fraction of sp³-hybridized carbons (Fsp3) is 0.353. The van der Waals surface area contributed by atoms with E-state index >= 15 is 0 Å². The molecule has 2 atom stereocenters. The lowest BCUT2D eigenvalue weighted by Gasteiger charge is -2.21. The van der Waals surface area contributed by atoms with Gasteiger partial charge in [-0.2, -0.15) is 0 Å². The molecule has 0 spiro atoms. The highest BCUT2D eigenvalue weighted by Crippen LogP contribution is 2.59. The van der Waals surface area contributed by atoms with Crippen molar-refractivity contribution in [3.8, 4) is 0 Å². The Bertz CT molecular complexity index is 1240. The molecule has 19 nitrogen and oxygen atoms in total. The molecule has 0 saturated heterocycles. The standard InChI is InChI=1S/C17H23N2O17P3/c20-7-10(14-13(23)15(16(24)35-14)36-39(31,32)33)34-12(22)6-5-11(21)18-8-1-3-9(4-2-8)19-17(37(25,26)27)38(28,29)30/h1-4,10,14,17,19-20,23H,5-7H2,(H,18,21)(H2,25,26,27)(H2,28,29,30)(H2,31,32,33)/t10-,14?/m0/s1. The Kier molecular flexibility index (Phi) is 10.4. The lowest BCUT2D eigenvalue weighted by molar-refractivity contribution is -0.165. The number of phosphoric ester groups is 1. The summed E-state index contributed by atoms with van der Waals surface area (Å²) < 4.78 is 47.1. The Balaban J connectivity index is 1.92. The van der Waals surface area contributed by atoms with E-state index in [1.54, 1.807) is 0 Å². The molecule has 0 bridgehead atoms. The maximum absolute atomic E-state index is 12.1. The van der Waals surface area contributed by atoms with Crippen LogP contribution in [0.2, 0.25) is 0 Å². The van der Waals surface area contributed by atoms with Gasteiger partial charge in [-0.15, -0.1) is 0 Å². The number of carbonyl (C=O) groups excluding carboxylic acids is 3. The molecular weight excluding hydrogens is 597 g/mol. The van der Waals surface area contributed by atoms with E-state index in [-0.39, 0.29) is 11.4 Å². The van der Waals surface area contributed by atoms with Crippen LogP contribution in [0.4, 0.5) is 11.4 Å². The van der Waals surface area contributed by atoms with Crippen LogP contribution in [0.1, 0.15) is 12.8 Å². The van der Waals surface area contributed by atoms with Gasteiger partial charge in [-0.1, -0.05) is 0 Å². The Hall–Kier alpha value is -2.82. The first-order valence-electron chi connectivity index (χ1n) is 10.3. The predicted octanol–water partition coefficient (Wildman–Crippen LogP) is -0.835. The molecule has 1 aromatic carbocycles. The third-order valence-electron chi connectivity index (χ3n) is 4.59. The number of cyclic esters (lactones) is 1. The molecule has 1 aliphatic rings. The van der Waals surface area contributed by atoms with Crippen LogP contribution >= 0.6 is 23.0 Å². The van der Waals surface area contributed by atoms with Crippen molar-refractivity contribution < 1.29 is 81.6 Å². The highest BCUT2D eigenvalue weighted by Gasteiger charge is 2.45. The van der Waals surface area contributed by atoms with Gasteiger partial charge in [0.25, 0.3) is 5.76 Å². The van der Waals surface area contributed by atoms with E-state index in [0.717, 1.165) is 12.1 Å². The van der Waals surface area contributed by atoms with Crippen molar-refractivity contribution in [2.24, 2.45) is 0 Å². The summed E-state index contributed by atoms with van der Waals surface area (Å²) in [5.74, 6) is -5.70. The molecule has 0 saturated carbocycles. The molecule has 1 amide bonds. The SMILES string of the molecule is O=C(CCC(=O)O[C@@H](CO)C1OC(=O)C(OP(=O)(O)O)=C1O)Nc1ccc(NC(P(=O)(O)O)P(=O)(O)O)cc1. The van der Waals surface area contributed by atoms with Gasteiger partial charge in [-0.3, -0.25) is 28.5 Å². The quantitative estimate of drug-likeness (QED) is 0.0949. The normalized spacial score (nSPS) is 17.0. The van der Waals surface area contributed by atoms with E-state index < -0.39 is 89.6 Å². The molecule has 0 aromatic heterocycles. The van der Waals surface area contributed by atoms with Crippen molar-refractivity contribution in [1.82, 2.24) is 0 Å². The minimum atomic E-state index is -5.26. The molecule has 39 heavy (non-hydrogen) atoms. The number of aliphatic hydroxyl groups excluding tert-OH is 2. The number of phosphoric acid groups is 1. The molecule has 0 aliphatic carbocycles. The Morgan fingerprint density at radius 1 is 0.949 bits per heavy atom. The Morgan fingerprint density at radius 3 is 1.97 bits per heavy atom. The molecule has 0 fully saturated rings. The van der Waals surface area contributed by atoms with Gasteiger partial charge < -0.3 is 54.4 Å². The predicted molar refractivity (Wildman–Crippen MR) is 125 cm³/mol. The van der Waals surface area contributed by atoms with Crippen LogP contribution in [0.5, 0.6) is 0 Å². The van der Waals surface area contributed by atoms with Crippen LogP contribution in [-0.2, 0) is 42.1 Å². The maximum Gasteiger partial charge on any atom is 0.525 e. The second kappa shape index (κ2) is 12.6. The fourth-order valence-corrected chi connectivity index (χ4v) is 5.55. The first kappa shape index (κ1) is 32.4. The molecule has 218 valence electrons. The van der Waals surface area contributed by atoms with Crippen LogP contribution in [0.25, 0.3) is 0 Å². The average molecular weight is 620 g/mol. The molecule has 1 heterocycles. The number of carbonyl (C=O) groups is 3. The van der Waals surface area contributed by atoms with Gasteiger partial charge in [0.2, 0.25) is 17.5 Å². The van der Waals surface area contributed by atoms with Gasteiger partial charge in [-0.25, -0.2) is 9.36 Å². The fourth-order valence-electron chi connectivity index (χ4n) is 2.94. The van der Waals surface area contributed by atoms with Gasteiger partial charge in [0.15, 0.2) is 11.9 Å². The van der Waals surface area contributed by atoms with Gasteiger partial charge in [0.05, 0.1) is 13.0 Å². The highest BCUT2D eigenvalue weighted by atomic mass is 31.2. The van der Waals surface area contributed by atoms with Crippen molar-refractivity contribution in [3.05, 3.63) is 35.8 Å². The second-order valence-electron chi connectivity index (χ2n) is 7.65. The Labute approximate surface area is 218 Å². The van der Waals surface area contributed by atoms with Crippen LogP contribution in [0, 0.1) is 0 Å². The summed E-state index contributed by atoms with van der Waals surface area (Å²) in [4.78, 5) is 90.0. The molecule has 1 aromatic rings. The van der Waals surface area contributed by atoms with Crippen molar-refractivity contribution in [3.63, 3.8) is 0 Å². The number of benzene rings is 1. The van der Waals surface area contributed by atoms with Gasteiger partial charge in [0, 0.05) is 17.8 Å². The third kappa shape index (κ3) is 9.70. The lowest BCUT2D eigenvalue weighted by atomic mass is 10.2. The van der Waals surface area contributed by atoms with Crippen LogP contribution in [0.3, 0.4) is 0 Å². The zero-order valence-electron chi connectivity index (χ0n) is 19.3. The maximum atomic E-state index is 12.1. The number of nitrogens with one attached hydrogen (secondary N) is 2. The van der Waals surface area contributed by atoms with Crippen LogP contribution in [-0.4, -0.2) is 81.8 Å². The van der Waals surface area contributed by atoms with Crippen molar-refractivity contribution in [2.45, 2.75) is 30.6 Å². The summed E-state index contributed by atoms with van der Waals surface area (Å²) in [6, 6.07) is 4.75. The molecule has 10 N–H and O–H groups in total. The lowest BCUT2D eigenvalue weighted by Crippen LogP contribution is -2.36. The van der Waals surface area contributed by atoms with E-state index in [0.29, 0.717) is 0 Å². The topological polar surface area (TPSA) is 316 Å². The third-order valence-corrected chi connectivity index (χ3v) is 8.35. The summed E-state index contributed by atoms with van der Waals surface area (Å²) in [6.45, 7) is -1.01.